The maximum atomic E-state index is 4.38. The van der Waals surface area contributed by atoms with Gasteiger partial charge in [-0.3, -0.25) is 4.99 Å². The summed E-state index contributed by atoms with van der Waals surface area (Å²) in [5, 5.41) is 6.97. The summed E-state index contributed by atoms with van der Waals surface area (Å²) in [4.78, 5) is 9.23. The molecule has 0 radical (unpaired) electrons. The van der Waals surface area contributed by atoms with Crippen molar-refractivity contribution in [1.82, 2.24) is 15.5 Å². The molecule has 0 amide bonds. The number of benzene rings is 1. The van der Waals surface area contributed by atoms with Gasteiger partial charge in [-0.05, 0) is 57.1 Å². The number of guanidine groups is 1. The molecule has 2 rings (SSSR count). The fourth-order valence-corrected chi connectivity index (χ4v) is 3.40. The lowest BCUT2D eigenvalue weighted by atomic mass is 10.1. The minimum Gasteiger partial charge on any atom is -0.364 e. The molecule has 5 nitrogen and oxygen atoms in total. The lowest BCUT2D eigenvalue weighted by molar-refractivity contribution is 0.292. The molecule has 0 aromatic heterocycles. The Morgan fingerprint density at radius 3 is 2.63 bits per heavy atom. The lowest BCUT2D eigenvalue weighted by Crippen LogP contribution is -2.42. The Balaban J connectivity index is 1.75. The SMILES string of the molecule is CCN(CC)CCCC(C)NC(=NC)NCc1cccc(N2CC=CC2)c1. The predicted octanol–water partition coefficient (Wildman–Crippen LogP) is 3.24. The van der Waals surface area contributed by atoms with Crippen LogP contribution in [0.25, 0.3) is 0 Å². The summed E-state index contributed by atoms with van der Waals surface area (Å²) in [6.45, 7) is 12.9. The molecular weight excluding hydrogens is 334 g/mol. The summed E-state index contributed by atoms with van der Waals surface area (Å²) in [5.41, 5.74) is 2.56. The fourth-order valence-electron chi connectivity index (χ4n) is 3.40. The second-order valence-electron chi connectivity index (χ2n) is 7.19. The van der Waals surface area contributed by atoms with Crippen molar-refractivity contribution in [3.8, 4) is 0 Å². The summed E-state index contributed by atoms with van der Waals surface area (Å²) >= 11 is 0. The first kappa shape index (κ1) is 21.3. The average Bonchev–Trinajstić information content (AvgIpc) is 3.23. The third-order valence-electron chi connectivity index (χ3n) is 5.17. The normalized spacial score (nSPS) is 15.4. The highest BCUT2D eigenvalue weighted by molar-refractivity contribution is 5.79. The second-order valence-corrected chi connectivity index (χ2v) is 7.19. The van der Waals surface area contributed by atoms with Crippen LogP contribution in [0.4, 0.5) is 5.69 Å². The molecule has 1 atom stereocenters. The zero-order valence-electron chi connectivity index (χ0n) is 17.5. The molecule has 0 fully saturated rings. The smallest absolute Gasteiger partial charge is 0.191 e. The van der Waals surface area contributed by atoms with Crippen molar-refractivity contribution < 1.29 is 0 Å². The topological polar surface area (TPSA) is 42.9 Å². The highest BCUT2D eigenvalue weighted by Crippen LogP contribution is 2.18. The molecule has 2 N–H and O–H groups in total. The minimum absolute atomic E-state index is 0.411. The Morgan fingerprint density at radius 1 is 1.22 bits per heavy atom. The van der Waals surface area contributed by atoms with Crippen molar-refractivity contribution >= 4 is 11.6 Å². The molecule has 0 spiro atoms. The van der Waals surface area contributed by atoms with Gasteiger partial charge in [-0.2, -0.15) is 0 Å². The molecule has 150 valence electrons. The van der Waals surface area contributed by atoms with Crippen molar-refractivity contribution in [3.63, 3.8) is 0 Å². The fraction of sp³-hybridized carbons (Fsp3) is 0.591. The van der Waals surface area contributed by atoms with Crippen LogP contribution >= 0.6 is 0 Å². The van der Waals surface area contributed by atoms with Gasteiger partial charge in [0.15, 0.2) is 5.96 Å². The van der Waals surface area contributed by atoms with Crippen LogP contribution < -0.4 is 15.5 Å². The van der Waals surface area contributed by atoms with Crippen LogP contribution in [-0.4, -0.2) is 56.7 Å². The number of hydrogen-bond donors (Lipinski definition) is 2. The van der Waals surface area contributed by atoms with E-state index in [0.29, 0.717) is 6.04 Å². The highest BCUT2D eigenvalue weighted by atomic mass is 15.2. The van der Waals surface area contributed by atoms with Crippen molar-refractivity contribution in [2.45, 2.75) is 46.2 Å². The first-order chi connectivity index (χ1) is 13.2. The van der Waals surface area contributed by atoms with E-state index in [9.17, 15) is 0 Å². The average molecular weight is 372 g/mol. The number of hydrogen-bond acceptors (Lipinski definition) is 3. The van der Waals surface area contributed by atoms with Crippen LogP contribution in [0.15, 0.2) is 41.4 Å². The molecule has 1 aliphatic heterocycles. The summed E-state index contributed by atoms with van der Waals surface area (Å²) in [5.74, 6) is 0.874. The van der Waals surface area contributed by atoms with Crippen LogP contribution in [0.3, 0.4) is 0 Å². The second kappa shape index (κ2) is 11.7. The third kappa shape index (κ3) is 7.25. The number of nitrogens with one attached hydrogen (secondary N) is 2. The van der Waals surface area contributed by atoms with Crippen molar-refractivity contribution in [3.05, 3.63) is 42.0 Å². The molecule has 0 saturated carbocycles. The van der Waals surface area contributed by atoms with Gasteiger partial charge in [-0.25, -0.2) is 0 Å². The molecule has 0 aliphatic carbocycles. The zero-order chi connectivity index (χ0) is 19.5. The van der Waals surface area contributed by atoms with E-state index in [1.54, 1.807) is 0 Å². The molecule has 0 saturated heterocycles. The maximum absolute atomic E-state index is 4.38. The van der Waals surface area contributed by atoms with E-state index in [2.05, 4.69) is 82.6 Å². The Bertz CT molecular complexity index is 598. The summed E-state index contributed by atoms with van der Waals surface area (Å²) < 4.78 is 0. The van der Waals surface area contributed by atoms with Crippen molar-refractivity contribution in [2.75, 3.05) is 44.7 Å². The third-order valence-corrected chi connectivity index (χ3v) is 5.17. The van der Waals surface area contributed by atoms with Gasteiger partial charge in [0.25, 0.3) is 0 Å². The number of aliphatic imine (C=N–C) groups is 1. The molecule has 0 bridgehead atoms. The molecule has 1 unspecified atom stereocenters. The summed E-state index contributed by atoms with van der Waals surface area (Å²) in [7, 11) is 1.84. The quantitative estimate of drug-likeness (QED) is 0.376. The number of rotatable bonds is 10. The number of anilines is 1. The first-order valence-electron chi connectivity index (χ1n) is 10.3. The molecule has 1 aliphatic rings. The van der Waals surface area contributed by atoms with E-state index in [-0.39, 0.29) is 0 Å². The molecule has 5 heteroatoms. The van der Waals surface area contributed by atoms with E-state index in [4.69, 9.17) is 0 Å². The van der Waals surface area contributed by atoms with E-state index < -0.39 is 0 Å². The molecule has 1 aromatic rings. The summed E-state index contributed by atoms with van der Waals surface area (Å²) in [6, 6.07) is 9.16. The standard InChI is InChI=1S/C22H37N5/c1-5-26(6-2)14-10-11-19(3)25-22(23-4)24-18-20-12-9-13-21(17-20)27-15-7-8-16-27/h7-9,12-13,17,19H,5-6,10-11,14-16,18H2,1-4H3,(H2,23,24,25). The monoisotopic (exact) mass is 371 g/mol. The van der Waals surface area contributed by atoms with Gasteiger partial charge in [0.1, 0.15) is 0 Å². The van der Waals surface area contributed by atoms with Crippen molar-refractivity contribution in [2.24, 2.45) is 4.99 Å². The van der Waals surface area contributed by atoms with E-state index in [1.807, 2.05) is 7.05 Å². The van der Waals surface area contributed by atoms with Gasteiger partial charge < -0.3 is 20.4 Å². The van der Waals surface area contributed by atoms with Crippen LogP contribution in [0.1, 0.15) is 39.2 Å². The molecule has 1 aromatic carbocycles. The minimum atomic E-state index is 0.411. The zero-order valence-corrected chi connectivity index (χ0v) is 17.5. The Kier molecular flexibility index (Phi) is 9.19. The largest absolute Gasteiger partial charge is 0.364 e. The highest BCUT2D eigenvalue weighted by Gasteiger charge is 2.09. The van der Waals surface area contributed by atoms with Crippen LogP contribution in [0.5, 0.6) is 0 Å². The Hall–Kier alpha value is -2.01. The Labute approximate surface area is 165 Å². The van der Waals surface area contributed by atoms with Gasteiger partial charge in [-0.15, -0.1) is 0 Å². The first-order valence-corrected chi connectivity index (χ1v) is 10.3. The van der Waals surface area contributed by atoms with Gasteiger partial charge in [0, 0.05) is 38.4 Å². The van der Waals surface area contributed by atoms with E-state index in [0.717, 1.165) is 45.1 Å². The lowest BCUT2D eigenvalue weighted by Gasteiger charge is -2.21. The molecule has 27 heavy (non-hydrogen) atoms. The van der Waals surface area contributed by atoms with Crippen molar-refractivity contribution in [1.29, 1.82) is 0 Å². The summed E-state index contributed by atoms with van der Waals surface area (Å²) in [6.07, 6.45) is 6.80. The van der Waals surface area contributed by atoms with Crippen LogP contribution in [0.2, 0.25) is 0 Å². The molecule has 1 heterocycles. The van der Waals surface area contributed by atoms with Crippen LogP contribution in [0, 0.1) is 0 Å². The van der Waals surface area contributed by atoms with Gasteiger partial charge >= 0.3 is 0 Å². The Morgan fingerprint density at radius 2 is 1.96 bits per heavy atom. The number of nitrogens with zero attached hydrogens (tertiary/aromatic N) is 3. The van der Waals surface area contributed by atoms with Gasteiger partial charge in [-0.1, -0.05) is 38.1 Å². The van der Waals surface area contributed by atoms with Crippen LogP contribution in [-0.2, 0) is 6.54 Å². The predicted molar refractivity (Wildman–Crippen MR) is 118 cm³/mol. The van der Waals surface area contributed by atoms with E-state index >= 15 is 0 Å². The van der Waals surface area contributed by atoms with E-state index in [1.165, 1.54) is 24.2 Å². The van der Waals surface area contributed by atoms with Gasteiger partial charge in [0.2, 0.25) is 0 Å². The van der Waals surface area contributed by atoms with Gasteiger partial charge in [0.05, 0.1) is 0 Å². The molecular formula is C22H37N5. The maximum Gasteiger partial charge on any atom is 0.191 e.